The third-order valence-electron chi connectivity index (χ3n) is 2.54. The first-order valence-corrected chi connectivity index (χ1v) is 5.48. The predicted molar refractivity (Wildman–Crippen MR) is 62.3 cm³/mol. The van der Waals surface area contributed by atoms with E-state index in [4.69, 9.17) is 9.47 Å². The van der Waals surface area contributed by atoms with Gasteiger partial charge in [-0.2, -0.15) is 13.2 Å². The van der Waals surface area contributed by atoms with E-state index in [1.165, 1.54) is 20.3 Å². The summed E-state index contributed by atoms with van der Waals surface area (Å²) < 4.78 is 60.7. The van der Waals surface area contributed by atoms with Gasteiger partial charge in [0.2, 0.25) is 0 Å². The molecular weight excluding hydrogens is 266 g/mol. The minimum atomic E-state index is -4.73. The first-order chi connectivity index (χ1) is 8.79. The summed E-state index contributed by atoms with van der Waals surface area (Å²) in [7, 11) is 2.83. The van der Waals surface area contributed by atoms with Crippen LogP contribution in [0, 0.1) is 5.82 Å². The van der Waals surface area contributed by atoms with Crippen LogP contribution in [0.25, 0.3) is 0 Å². The Morgan fingerprint density at radius 1 is 1.16 bits per heavy atom. The number of rotatable bonds is 5. The summed E-state index contributed by atoms with van der Waals surface area (Å²) in [5, 5.41) is 2.77. The van der Waals surface area contributed by atoms with Crippen molar-refractivity contribution < 1.29 is 27.0 Å². The number of hydrogen-bond acceptors (Lipinski definition) is 3. The van der Waals surface area contributed by atoms with Gasteiger partial charge < -0.3 is 14.8 Å². The summed E-state index contributed by atoms with van der Waals surface area (Å²) in [6.45, 7) is 1.67. The third-order valence-corrected chi connectivity index (χ3v) is 2.54. The highest BCUT2D eigenvalue weighted by atomic mass is 19.4. The van der Waals surface area contributed by atoms with E-state index < -0.39 is 29.9 Å². The highest BCUT2D eigenvalue weighted by Crippen LogP contribution is 2.33. The average Bonchev–Trinajstić information content (AvgIpc) is 2.31. The summed E-state index contributed by atoms with van der Waals surface area (Å²) in [4.78, 5) is 0. The summed E-state index contributed by atoms with van der Waals surface area (Å²) in [5.41, 5.74) is -1.17. The molecule has 0 aliphatic rings. The number of ether oxygens (including phenoxy) is 2. The number of benzene rings is 1. The number of nitrogens with one attached hydrogen (secondary N) is 1. The van der Waals surface area contributed by atoms with Crippen LogP contribution in [0.1, 0.15) is 12.5 Å². The van der Waals surface area contributed by atoms with Gasteiger partial charge in [0.25, 0.3) is 0 Å². The van der Waals surface area contributed by atoms with Gasteiger partial charge in [0.15, 0.2) is 6.29 Å². The van der Waals surface area contributed by atoms with Gasteiger partial charge in [0.05, 0.1) is 11.6 Å². The van der Waals surface area contributed by atoms with E-state index in [0.29, 0.717) is 6.07 Å². The van der Waals surface area contributed by atoms with E-state index in [1.807, 2.05) is 0 Å². The maximum atomic E-state index is 13.1. The van der Waals surface area contributed by atoms with Gasteiger partial charge in [-0.15, -0.1) is 0 Å². The van der Waals surface area contributed by atoms with E-state index in [1.54, 1.807) is 6.92 Å². The van der Waals surface area contributed by atoms with Crippen LogP contribution in [-0.2, 0) is 15.7 Å². The Kier molecular flexibility index (Phi) is 5.13. The molecule has 0 bridgehead atoms. The lowest BCUT2D eigenvalue weighted by atomic mass is 10.1. The lowest BCUT2D eigenvalue weighted by Crippen LogP contribution is -2.33. The molecule has 0 fully saturated rings. The lowest BCUT2D eigenvalue weighted by molar-refractivity contribution is -0.139. The molecule has 0 heterocycles. The highest BCUT2D eigenvalue weighted by Gasteiger charge is 2.34. The van der Waals surface area contributed by atoms with Crippen molar-refractivity contribution in [3.63, 3.8) is 0 Å². The molecule has 1 aromatic carbocycles. The minimum absolute atomic E-state index is 0.139. The van der Waals surface area contributed by atoms with Crippen molar-refractivity contribution in [3.05, 3.63) is 29.6 Å². The Morgan fingerprint density at radius 2 is 1.74 bits per heavy atom. The molecule has 0 saturated heterocycles. The van der Waals surface area contributed by atoms with Crippen molar-refractivity contribution in [3.8, 4) is 0 Å². The fraction of sp³-hybridized carbons (Fsp3) is 0.500. The summed E-state index contributed by atoms with van der Waals surface area (Å²) >= 11 is 0. The molecule has 0 radical (unpaired) electrons. The molecule has 108 valence electrons. The van der Waals surface area contributed by atoms with Crippen LogP contribution in [-0.4, -0.2) is 26.6 Å². The molecule has 0 amide bonds. The SMILES string of the molecule is COC(OC)C(C)Nc1ccc(F)c(C(F)(F)F)c1. The largest absolute Gasteiger partial charge is 0.419 e. The zero-order valence-electron chi connectivity index (χ0n) is 10.7. The lowest BCUT2D eigenvalue weighted by Gasteiger charge is -2.23. The highest BCUT2D eigenvalue weighted by molar-refractivity contribution is 5.47. The van der Waals surface area contributed by atoms with Gasteiger partial charge in [-0.3, -0.25) is 0 Å². The van der Waals surface area contributed by atoms with Crippen molar-refractivity contribution in [1.82, 2.24) is 0 Å². The van der Waals surface area contributed by atoms with Crippen LogP contribution in [0.5, 0.6) is 0 Å². The van der Waals surface area contributed by atoms with Gasteiger partial charge in [-0.1, -0.05) is 0 Å². The Labute approximate surface area is 108 Å². The molecule has 0 aromatic heterocycles. The molecule has 1 rings (SSSR count). The quantitative estimate of drug-likeness (QED) is 0.663. The second-order valence-corrected chi connectivity index (χ2v) is 3.97. The van der Waals surface area contributed by atoms with Gasteiger partial charge in [0.1, 0.15) is 5.82 Å². The van der Waals surface area contributed by atoms with Crippen molar-refractivity contribution in [1.29, 1.82) is 0 Å². The number of hydrogen-bond donors (Lipinski definition) is 1. The zero-order valence-corrected chi connectivity index (χ0v) is 10.7. The average molecular weight is 281 g/mol. The molecule has 7 heteroatoms. The molecule has 0 aliphatic heterocycles. The van der Waals surface area contributed by atoms with Gasteiger partial charge in [-0.05, 0) is 25.1 Å². The van der Waals surface area contributed by atoms with E-state index in [-0.39, 0.29) is 5.69 Å². The first-order valence-electron chi connectivity index (χ1n) is 5.48. The van der Waals surface area contributed by atoms with Crippen molar-refractivity contribution in [2.24, 2.45) is 0 Å². The number of alkyl halides is 3. The normalized spacial score (nSPS) is 13.7. The fourth-order valence-electron chi connectivity index (χ4n) is 1.67. The Hall–Kier alpha value is -1.34. The Morgan fingerprint density at radius 3 is 2.21 bits per heavy atom. The molecule has 1 atom stereocenters. The maximum absolute atomic E-state index is 13.1. The molecule has 0 spiro atoms. The maximum Gasteiger partial charge on any atom is 0.419 e. The number of anilines is 1. The molecule has 1 N–H and O–H groups in total. The van der Waals surface area contributed by atoms with E-state index in [9.17, 15) is 17.6 Å². The molecule has 19 heavy (non-hydrogen) atoms. The Balaban J connectivity index is 2.91. The topological polar surface area (TPSA) is 30.5 Å². The van der Waals surface area contributed by atoms with Crippen LogP contribution in [0.2, 0.25) is 0 Å². The van der Waals surface area contributed by atoms with Crippen LogP contribution < -0.4 is 5.32 Å². The summed E-state index contributed by atoms with van der Waals surface area (Å²) in [5.74, 6) is -1.30. The monoisotopic (exact) mass is 281 g/mol. The molecule has 0 aliphatic carbocycles. The number of halogens is 4. The van der Waals surface area contributed by atoms with Crippen LogP contribution in [0.3, 0.4) is 0 Å². The molecule has 1 aromatic rings. The van der Waals surface area contributed by atoms with Gasteiger partial charge >= 0.3 is 6.18 Å². The molecule has 1 unspecified atom stereocenters. The standard InChI is InChI=1S/C12H15F4NO2/c1-7(11(18-2)19-3)17-8-4-5-10(13)9(6-8)12(14,15)16/h4-7,11,17H,1-3H3. The molecular formula is C12H15F4NO2. The van der Waals surface area contributed by atoms with Crippen LogP contribution >= 0.6 is 0 Å². The van der Waals surface area contributed by atoms with Gasteiger partial charge in [-0.25, -0.2) is 4.39 Å². The summed E-state index contributed by atoms with van der Waals surface area (Å²) in [6.07, 6.45) is -5.35. The number of methoxy groups -OCH3 is 2. The van der Waals surface area contributed by atoms with Crippen LogP contribution in [0.4, 0.5) is 23.2 Å². The van der Waals surface area contributed by atoms with Crippen molar-refractivity contribution in [2.75, 3.05) is 19.5 Å². The second-order valence-electron chi connectivity index (χ2n) is 3.97. The first kappa shape index (κ1) is 15.7. The second kappa shape index (κ2) is 6.21. The van der Waals surface area contributed by atoms with Gasteiger partial charge in [0, 0.05) is 19.9 Å². The minimum Gasteiger partial charge on any atom is -0.377 e. The van der Waals surface area contributed by atoms with Crippen LogP contribution in [0.15, 0.2) is 18.2 Å². The Bertz CT molecular complexity index is 419. The van der Waals surface area contributed by atoms with Crippen molar-refractivity contribution in [2.45, 2.75) is 25.4 Å². The van der Waals surface area contributed by atoms with E-state index in [0.717, 1.165) is 6.07 Å². The van der Waals surface area contributed by atoms with E-state index >= 15 is 0 Å². The molecule has 0 saturated carbocycles. The smallest absolute Gasteiger partial charge is 0.377 e. The zero-order chi connectivity index (χ0) is 14.6. The molecule has 3 nitrogen and oxygen atoms in total. The van der Waals surface area contributed by atoms with Crippen molar-refractivity contribution >= 4 is 5.69 Å². The van der Waals surface area contributed by atoms with E-state index in [2.05, 4.69) is 5.32 Å². The predicted octanol–water partition coefficient (Wildman–Crippen LogP) is 3.26. The third kappa shape index (κ3) is 4.07. The fourth-order valence-corrected chi connectivity index (χ4v) is 1.67. The summed E-state index contributed by atoms with van der Waals surface area (Å²) in [6, 6.07) is 2.31.